The fraction of sp³-hybridized carbons (Fsp3) is 0.667. The van der Waals surface area contributed by atoms with E-state index in [2.05, 4.69) is 4.98 Å². The second-order valence-corrected chi connectivity index (χ2v) is 7.85. The molecule has 92 valence electrons. The van der Waals surface area contributed by atoms with E-state index in [1.54, 1.807) is 14.0 Å². The van der Waals surface area contributed by atoms with E-state index in [-0.39, 0.29) is 9.59 Å². The van der Waals surface area contributed by atoms with Crippen LogP contribution in [-0.4, -0.2) is 36.7 Å². The van der Waals surface area contributed by atoms with Gasteiger partial charge < -0.3 is 0 Å². The zero-order valence-electron chi connectivity index (χ0n) is 9.47. The Labute approximate surface area is 105 Å². The van der Waals surface area contributed by atoms with E-state index in [1.165, 1.54) is 21.8 Å². The smallest absolute Gasteiger partial charge is 0.249 e. The predicted octanol–water partition coefficient (Wildman–Crippen LogP) is 2.09. The van der Waals surface area contributed by atoms with Crippen molar-refractivity contribution >= 4 is 33.0 Å². The van der Waals surface area contributed by atoms with Gasteiger partial charge in [-0.05, 0) is 20.3 Å². The molecule has 0 radical (unpaired) electrons. The molecule has 0 bridgehead atoms. The monoisotopic (exact) mass is 282 g/mol. The molecule has 0 saturated carbocycles. The molecule has 1 aromatic heterocycles. The third-order valence-electron chi connectivity index (χ3n) is 2.11. The standard InChI is InChI=1S/C9H15ClN2O2S2/c1-7(10)4-5-12(3)16(13,14)9-6-11-8(2)15-9/h6-7H,4-5H2,1-3H3. The van der Waals surface area contributed by atoms with Crippen molar-refractivity contribution in [2.75, 3.05) is 13.6 Å². The highest BCUT2D eigenvalue weighted by Crippen LogP contribution is 2.21. The Kier molecular flexibility index (Phi) is 4.73. The van der Waals surface area contributed by atoms with Crippen LogP contribution >= 0.6 is 22.9 Å². The summed E-state index contributed by atoms with van der Waals surface area (Å²) >= 11 is 6.97. The average Bonchev–Trinajstić information content (AvgIpc) is 2.61. The lowest BCUT2D eigenvalue weighted by Gasteiger charge is -2.16. The lowest BCUT2D eigenvalue weighted by molar-refractivity contribution is 0.462. The van der Waals surface area contributed by atoms with Gasteiger partial charge in [0.2, 0.25) is 0 Å². The Morgan fingerprint density at radius 1 is 1.62 bits per heavy atom. The number of aryl methyl sites for hydroxylation is 1. The van der Waals surface area contributed by atoms with E-state index >= 15 is 0 Å². The maximum absolute atomic E-state index is 12.0. The van der Waals surface area contributed by atoms with Gasteiger partial charge in [-0.15, -0.1) is 22.9 Å². The number of alkyl halides is 1. The summed E-state index contributed by atoms with van der Waals surface area (Å²) in [6.07, 6.45) is 2.03. The molecular weight excluding hydrogens is 268 g/mol. The van der Waals surface area contributed by atoms with E-state index in [0.29, 0.717) is 13.0 Å². The lowest BCUT2D eigenvalue weighted by Crippen LogP contribution is -2.28. The van der Waals surface area contributed by atoms with Crippen molar-refractivity contribution in [2.24, 2.45) is 0 Å². The van der Waals surface area contributed by atoms with Gasteiger partial charge in [0.05, 0.1) is 11.2 Å². The highest BCUT2D eigenvalue weighted by molar-refractivity contribution is 7.91. The van der Waals surface area contributed by atoms with Crippen molar-refractivity contribution in [3.05, 3.63) is 11.2 Å². The molecule has 1 aromatic rings. The molecule has 0 aliphatic heterocycles. The molecule has 0 spiro atoms. The normalized spacial score (nSPS) is 14.3. The van der Waals surface area contributed by atoms with Crippen LogP contribution in [0.3, 0.4) is 0 Å². The van der Waals surface area contributed by atoms with Gasteiger partial charge in [0.15, 0.2) is 4.21 Å². The second kappa shape index (κ2) is 5.44. The van der Waals surface area contributed by atoms with Gasteiger partial charge in [0.25, 0.3) is 10.0 Å². The molecule has 0 saturated heterocycles. The summed E-state index contributed by atoms with van der Waals surface area (Å²) in [5, 5.41) is 0.721. The Morgan fingerprint density at radius 2 is 2.25 bits per heavy atom. The molecule has 1 rings (SSSR count). The van der Waals surface area contributed by atoms with Crippen LogP contribution in [0.2, 0.25) is 0 Å². The van der Waals surface area contributed by atoms with E-state index in [1.807, 2.05) is 6.92 Å². The second-order valence-electron chi connectivity index (χ2n) is 3.59. The lowest BCUT2D eigenvalue weighted by atomic mass is 10.3. The number of thiazole rings is 1. The number of sulfonamides is 1. The van der Waals surface area contributed by atoms with Crippen molar-refractivity contribution in [3.63, 3.8) is 0 Å². The molecule has 0 aliphatic carbocycles. The molecule has 1 unspecified atom stereocenters. The van der Waals surface area contributed by atoms with Gasteiger partial charge in [-0.25, -0.2) is 17.7 Å². The molecule has 1 atom stereocenters. The zero-order chi connectivity index (χ0) is 12.3. The van der Waals surface area contributed by atoms with Crippen LogP contribution in [0.25, 0.3) is 0 Å². The highest BCUT2D eigenvalue weighted by Gasteiger charge is 2.22. The Morgan fingerprint density at radius 3 is 2.69 bits per heavy atom. The van der Waals surface area contributed by atoms with E-state index < -0.39 is 10.0 Å². The minimum absolute atomic E-state index is 0.0270. The molecule has 16 heavy (non-hydrogen) atoms. The van der Waals surface area contributed by atoms with Gasteiger partial charge in [-0.1, -0.05) is 0 Å². The van der Waals surface area contributed by atoms with Crippen LogP contribution in [0.1, 0.15) is 18.4 Å². The molecule has 7 heteroatoms. The zero-order valence-corrected chi connectivity index (χ0v) is 11.9. The van der Waals surface area contributed by atoms with Gasteiger partial charge in [-0.3, -0.25) is 0 Å². The molecule has 1 heterocycles. The van der Waals surface area contributed by atoms with E-state index in [9.17, 15) is 8.42 Å². The third-order valence-corrected chi connectivity index (χ3v) is 5.53. The van der Waals surface area contributed by atoms with E-state index in [0.717, 1.165) is 5.01 Å². The molecule has 4 nitrogen and oxygen atoms in total. The average molecular weight is 283 g/mol. The van der Waals surface area contributed by atoms with Gasteiger partial charge in [-0.2, -0.15) is 0 Å². The number of hydrogen-bond acceptors (Lipinski definition) is 4. The first-order chi connectivity index (χ1) is 7.34. The Balaban J connectivity index is 2.78. The highest BCUT2D eigenvalue weighted by atomic mass is 35.5. The number of nitrogens with zero attached hydrogens (tertiary/aromatic N) is 2. The molecule has 0 aliphatic rings. The van der Waals surface area contributed by atoms with Crippen LogP contribution < -0.4 is 0 Å². The quantitative estimate of drug-likeness (QED) is 0.777. The van der Waals surface area contributed by atoms with E-state index in [4.69, 9.17) is 11.6 Å². The summed E-state index contributed by atoms with van der Waals surface area (Å²) in [5.41, 5.74) is 0. The molecule has 0 fully saturated rings. The summed E-state index contributed by atoms with van der Waals surface area (Å²) in [6, 6.07) is 0. The largest absolute Gasteiger partial charge is 0.253 e. The van der Waals surface area contributed by atoms with Crippen molar-refractivity contribution in [1.82, 2.24) is 9.29 Å². The fourth-order valence-electron chi connectivity index (χ4n) is 1.09. The van der Waals surface area contributed by atoms with Crippen LogP contribution in [0.5, 0.6) is 0 Å². The summed E-state index contributed by atoms with van der Waals surface area (Å²) in [7, 11) is -1.82. The maximum Gasteiger partial charge on any atom is 0.253 e. The van der Waals surface area contributed by atoms with Crippen LogP contribution in [-0.2, 0) is 10.0 Å². The minimum atomic E-state index is -3.38. The van der Waals surface area contributed by atoms with Crippen molar-refractivity contribution < 1.29 is 8.42 Å². The summed E-state index contributed by atoms with van der Waals surface area (Å²) in [5.74, 6) is 0. The van der Waals surface area contributed by atoms with Crippen molar-refractivity contribution in [3.8, 4) is 0 Å². The predicted molar refractivity (Wildman–Crippen MR) is 66.6 cm³/mol. The van der Waals surface area contributed by atoms with Gasteiger partial charge in [0, 0.05) is 19.0 Å². The maximum atomic E-state index is 12.0. The minimum Gasteiger partial charge on any atom is -0.249 e. The molecule has 0 N–H and O–H groups in total. The topological polar surface area (TPSA) is 50.3 Å². The summed E-state index contributed by atoms with van der Waals surface area (Å²) < 4.78 is 25.6. The summed E-state index contributed by atoms with van der Waals surface area (Å²) in [4.78, 5) is 3.95. The third kappa shape index (κ3) is 3.41. The number of hydrogen-bond donors (Lipinski definition) is 0. The van der Waals surface area contributed by atoms with Crippen LogP contribution in [0.4, 0.5) is 0 Å². The Bertz CT molecular complexity index is 442. The number of aromatic nitrogens is 1. The SMILES string of the molecule is Cc1ncc(S(=O)(=O)N(C)CCC(C)Cl)s1. The van der Waals surface area contributed by atoms with Gasteiger partial charge >= 0.3 is 0 Å². The van der Waals surface area contributed by atoms with Crippen molar-refractivity contribution in [2.45, 2.75) is 29.9 Å². The Hall–Kier alpha value is -0.170. The fourth-order valence-corrected chi connectivity index (χ4v) is 3.70. The van der Waals surface area contributed by atoms with Crippen LogP contribution in [0, 0.1) is 6.92 Å². The number of rotatable bonds is 5. The first kappa shape index (κ1) is 13.9. The first-order valence-electron chi connectivity index (χ1n) is 4.87. The number of halogens is 1. The van der Waals surface area contributed by atoms with Crippen LogP contribution in [0.15, 0.2) is 10.4 Å². The first-order valence-corrected chi connectivity index (χ1v) is 7.56. The van der Waals surface area contributed by atoms with Crippen molar-refractivity contribution in [1.29, 1.82) is 0 Å². The van der Waals surface area contributed by atoms with Gasteiger partial charge in [0.1, 0.15) is 0 Å². The molecule has 0 aromatic carbocycles. The summed E-state index contributed by atoms with van der Waals surface area (Å²) in [6.45, 7) is 4.05. The molecule has 0 amide bonds. The molecular formula is C9H15ClN2O2S2.